The summed E-state index contributed by atoms with van der Waals surface area (Å²) in [5.74, 6) is 0.490. The summed E-state index contributed by atoms with van der Waals surface area (Å²) in [7, 11) is 0. The van der Waals surface area contributed by atoms with Crippen LogP contribution in [0.5, 0.6) is 0 Å². The number of hydrogen-bond donors (Lipinski definition) is 2. The number of carbonyl (C=O) groups is 1. The molecule has 1 aromatic heterocycles. The van der Waals surface area contributed by atoms with E-state index in [0.717, 1.165) is 36.3 Å². The molecule has 2 heterocycles. The Morgan fingerprint density at radius 3 is 2.59 bits per heavy atom. The summed E-state index contributed by atoms with van der Waals surface area (Å²) in [4.78, 5) is 24.4. The van der Waals surface area contributed by atoms with Gasteiger partial charge < -0.3 is 20.3 Å². The van der Waals surface area contributed by atoms with Crippen molar-refractivity contribution in [2.75, 3.05) is 39.3 Å². The predicted molar refractivity (Wildman–Crippen MR) is 131 cm³/mol. The summed E-state index contributed by atoms with van der Waals surface area (Å²) in [6.45, 7) is 13.1. The normalized spacial score (nSPS) is 16.5. The van der Waals surface area contributed by atoms with E-state index < -0.39 is 0 Å². The Morgan fingerprint density at radius 1 is 1.28 bits per heavy atom. The molecule has 1 atom stereocenters. The fourth-order valence-corrected chi connectivity index (χ4v) is 4.20. The van der Waals surface area contributed by atoms with Gasteiger partial charge in [0.25, 0.3) is 0 Å². The fraction of sp³-hybridized carbons (Fsp3) is 0.750. The molecular formula is C20H36IN5O2S. The first-order chi connectivity index (χ1) is 13.5. The molecule has 9 heteroatoms. The van der Waals surface area contributed by atoms with Crippen LogP contribution >= 0.6 is 35.3 Å². The van der Waals surface area contributed by atoms with Crippen molar-refractivity contribution in [3.05, 3.63) is 15.6 Å². The Kier molecular flexibility index (Phi) is 12.7. The average molecular weight is 538 g/mol. The first-order valence-electron chi connectivity index (χ1n) is 10.5. The quantitative estimate of drug-likeness (QED) is 0.228. The second-order valence-electron chi connectivity index (χ2n) is 7.07. The van der Waals surface area contributed by atoms with Gasteiger partial charge in [-0.2, -0.15) is 0 Å². The largest absolute Gasteiger partial charge is 0.462 e. The molecule has 1 aliphatic rings. The molecule has 0 bridgehead atoms. The van der Waals surface area contributed by atoms with E-state index in [-0.39, 0.29) is 36.0 Å². The topological polar surface area (TPSA) is 78.9 Å². The van der Waals surface area contributed by atoms with Crippen molar-refractivity contribution in [2.24, 2.45) is 4.99 Å². The number of rotatable bonds is 8. The minimum Gasteiger partial charge on any atom is -0.462 e. The number of ether oxygens (including phenoxy) is 1. The average Bonchev–Trinajstić information content (AvgIpc) is 2.87. The number of thiazole rings is 1. The molecule has 0 amide bonds. The Labute approximate surface area is 196 Å². The van der Waals surface area contributed by atoms with Crippen LogP contribution in [0.15, 0.2) is 4.99 Å². The highest BCUT2D eigenvalue weighted by Crippen LogP contribution is 2.24. The van der Waals surface area contributed by atoms with Crippen molar-refractivity contribution >= 4 is 47.2 Å². The van der Waals surface area contributed by atoms with Gasteiger partial charge >= 0.3 is 5.97 Å². The smallest absolute Gasteiger partial charge is 0.350 e. The first-order valence-corrected chi connectivity index (χ1v) is 11.3. The van der Waals surface area contributed by atoms with Gasteiger partial charge in [-0.3, -0.25) is 4.99 Å². The maximum absolute atomic E-state index is 12.0. The van der Waals surface area contributed by atoms with Crippen molar-refractivity contribution in [3.8, 4) is 0 Å². The van der Waals surface area contributed by atoms with Gasteiger partial charge in [0.1, 0.15) is 9.88 Å². The standard InChI is InChI=1S/C20H35N5O2S.HI/c1-5-21-20(22-11-14-25-12-9-7-8-10-13-25)24-16(4)18-23-15(3)17(28-18)19(26)27-6-2;/h16H,5-14H2,1-4H3,(H2,21,22,24);1H. The minimum atomic E-state index is -0.297. The summed E-state index contributed by atoms with van der Waals surface area (Å²) >= 11 is 1.39. The van der Waals surface area contributed by atoms with Gasteiger partial charge in [-0.1, -0.05) is 12.8 Å². The first kappa shape index (κ1) is 26.1. The van der Waals surface area contributed by atoms with Gasteiger partial charge in [0.15, 0.2) is 5.96 Å². The number of aliphatic imine (C=N–C) groups is 1. The van der Waals surface area contributed by atoms with Gasteiger partial charge in [0.2, 0.25) is 0 Å². The fourth-order valence-electron chi connectivity index (χ4n) is 3.24. The SMILES string of the molecule is CCNC(=NCCN1CCCCCC1)NC(C)c1nc(C)c(C(=O)OCC)s1.I. The van der Waals surface area contributed by atoms with Crippen LogP contribution in [0.2, 0.25) is 0 Å². The lowest BCUT2D eigenvalue weighted by atomic mass is 10.2. The van der Waals surface area contributed by atoms with Crippen molar-refractivity contribution in [2.45, 2.75) is 59.4 Å². The number of likely N-dealkylation sites (tertiary alicyclic amines) is 1. The van der Waals surface area contributed by atoms with E-state index >= 15 is 0 Å². The zero-order chi connectivity index (χ0) is 20.4. The predicted octanol–water partition coefficient (Wildman–Crippen LogP) is 3.74. The molecule has 1 aliphatic heterocycles. The number of carbonyl (C=O) groups excluding carboxylic acids is 1. The Hall–Kier alpha value is -0.940. The van der Waals surface area contributed by atoms with Gasteiger partial charge in [-0.05, 0) is 53.6 Å². The molecule has 0 radical (unpaired) electrons. The van der Waals surface area contributed by atoms with Gasteiger partial charge in [-0.25, -0.2) is 9.78 Å². The number of nitrogens with zero attached hydrogens (tertiary/aromatic N) is 3. The number of esters is 1. The monoisotopic (exact) mass is 537 g/mol. The van der Waals surface area contributed by atoms with Crippen LogP contribution in [0.4, 0.5) is 0 Å². The Balaban J connectivity index is 0.00000420. The Morgan fingerprint density at radius 2 is 1.97 bits per heavy atom. The van der Waals surface area contributed by atoms with Crippen molar-refractivity contribution in [3.63, 3.8) is 0 Å². The number of nitrogens with one attached hydrogen (secondary N) is 2. The zero-order valence-corrected chi connectivity index (χ0v) is 21.3. The van der Waals surface area contributed by atoms with Crippen LogP contribution in [0.1, 0.15) is 72.9 Å². The van der Waals surface area contributed by atoms with E-state index in [1.54, 1.807) is 0 Å². The van der Waals surface area contributed by atoms with E-state index in [0.29, 0.717) is 11.5 Å². The molecule has 1 fully saturated rings. The van der Waals surface area contributed by atoms with Crippen molar-refractivity contribution in [1.82, 2.24) is 20.5 Å². The third kappa shape index (κ3) is 8.75. The number of halogens is 1. The van der Waals surface area contributed by atoms with Crippen molar-refractivity contribution in [1.29, 1.82) is 0 Å². The van der Waals surface area contributed by atoms with E-state index in [2.05, 4.69) is 27.4 Å². The maximum Gasteiger partial charge on any atom is 0.350 e. The molecule has 7 nitrogen and oxygen atoms in total. The number of hydrogen-bond acceptors (Lipinski definition) is 6. The number of aryl methyl sites for hydroxylation is 1. The van der Waals surface area contributed by atoms with Gasteiger partial charge in [0, 0.05) is 13.1 Å². The molecule has 1 aromatic rings. The van der Waals surface area contributed by atoms with E-state index in [1.807, 2.05) is 20.8 Å². The number of aromatic nitrogens is 1. The highest BCUT2D eigenvalue weighted by Gasteiger charge is 2.20. The van der Waals surface area contributed by atoms with Gasteiger partial charge in [-0.15, -0.1) is 35.3 Å². The summed E-state index contributed by atoms with van der Waals surface area (Å²) < 4.78 is 5.11. The summed E-state index contributed by atoms with van der Waals surface area (Å²) in [6, 6.07) is -0.0390. The van der Waals surface area contributed by atoms with Crippen LogP contribution in [-0.2, 0) is 4.74 Å². The molecular weight excluding hydrogens is 501 g/mol. The summed E-state index contributed by atoms with van der Waals surface area (Å²) in [6.07, 6.45) is 5.29. The lowest BCUT2D eigenvalue weighted by Gasteiger charge is -2.19. The van der Waals surface area contributed by atoms with Crippen LogP contribution in [0.3, 0.4) is 0 Å². The number of guanidine groups is 1. The lowest BCUT2D eigenvalue weighted by molar-refractivity contribution is 0.0531. The molecule has 1 saturated heterocycles. The van der Waals surface area contributed by atoms with Crippen LogP contribution in [0, 0.1) is 6.92 Å². The molecule has 0 aliphatic carbocycles. The molecule has 29 heavy (non-hydrogen) atoms. The van der Waals surface area contributed by atoms with Crippen LogP contribution in [-0.4, -0.2) is 61.1 Å². The lowest BCUT2D eigenvalue weighted by Crippen LogP contribution is -2.39. The third-order valence-corrected chi connectivity index (χ3v) is 6.05. The molecule has 2 rings (SSSR count). The summed E-state index contributed by atoms with van der Waals surface area (Å²) in [5, 5.41) is 7.58. The van der Waals surface area contributed by atoms with E-state index in [4.69, 9.17) is 9.73 Å². The molecule has 2 N–H and O–H groups in total. The van der Waals surface area contributed by atoms with Gasteiger partial charge in [0.05, 0.1) is 24.9 Å². The second kappa shape index (κ2) is 14.1. The molecule has 166 valence electrons. The second-order valence-corrected chi connectivity index (χ2v) is 8.10. The van der Waals surface area contributed by atoms with Crippen LogP contribution in [0.25, 0.3) is 0 Å². The summed E-state index contributed by atoms with van der Waals surface area (Å²) in [5.41, 5.74) is 0.718. The highest BCUT2D eigenvalue weighted by atomic mass is 127. The van der Waals surface area contributed by atoms with E-state index in [9.17, 15) is 4.79 Å². The molecule has 0 saturated carbocycles. The molecule has 0 aromatic carbocycles. The molecule has 0 spiro atoms. The van der Waals surface area contributed by atoms with Crippen molar-refractivity contribution < 1.29 is 9.53 Å². The Bertz CT molecular complexity index is 645. The minimum absolute atomic E-state index is 0. The highest BCUT2D eigenvalue weighted by molar-refractivity contribution is 14.0. The zero-order valence-electron chi connectivity index (χ0n) is 18.1. The van der Waals surface area contributed by atoms with Crippen LogP contribution < -0.4 is 10.6 Å². The third-order valence-electron chi connectivity index (χ3n) is 4.73. The van der Waals surface area contributed by atoms with E-state index in [1.165, 1.54) is 50.1 Å². The maximum atomic E-state index is 12.0. The molecule has 1 unspecified atom stereocenters.